The maximum Gasteiger partial charge on any atom is 0.360 e. The van der Waals surface area contributed by atoms with Crippen molar-refractivity contribution >= 4 is 22.6 Å². The molecule has 0 radical (unpaired) electrons. The van der Waals surface area contributed by atoms with E-state index in [-0.39, 0.29) is 17.2 Å². The number of carbonyl (C=O) groups is 2. The summed E-state index contributed by atoms with van der Waals surface area (Å²) in [7, 11) is 3.12. The van der Waals surface area contributed by atoms with Crippen LogP contribution in [0, 0.1) is 0 Å². The van der Waals surface area contributed by atoms with Crippen LogP contribution in [0.4, 0.5) is 0 Å². The highest BCUT2D eigenvalue weighted by atomic mass is 16.5. The summed E-state index contributed by atoms with van der Waals surface area (Å²) in [6.45, 7) is 1.93. The van der Waals surface area contributed by atoms with Gasteiger partial charge in [0.2, 0.25) is 0 Å². The molecule has 1 atom stereocenters. The normalized spacial score (nSPS) is 11.8. The molecule has 28 heavy (non-hydrogen) atoms. The van der Waals surface area contributed by atoms with E-state index in [1.807, 2.05) is 30.3 Å². The molecular weight excluding hydrogens is 358 g/mol. The van der Waals surface area contributed by atoms with Gasteiger partial charge in [-0.05, 0) is 18.6 Å². The second-order valence-electron chi connectivity index (χ2n) is 6.55. The van der Waals surface area contributed by atoms with Gasteiger partial charge in [0.05, 0.1) is 5.39 Å². The number of hydrogen-bond acceptors (Lipinski definition) is 5. The van der Waals surface area contributed by atoms with Gasteiger partial charge in [-0.25, -0.2) is 9.48 Å². The maximum absolute atomic E-state index is 12.6. The van der Waals surface area contributed by atoms with Gasteiger partial charge in [-0.2, -0.15) is 5.10 Å². The average Bonchev–Trinajstić information content (AvgIpc) is 2.70. The summed E-state index contributed by atoms with van der Waals surface area (Å²) in [5.41, 5.74) is 0.671. The third-order valence-corrected chi connectivity index (χ3v) is 4.42. The molecule has 3 rings (SSSR count). The van der Waals surface area contributed by atoms with Gasteiger partial charge in [0, 0.05) is 26.0 Å². The van der Waals surface area contributed by atoms with Crippen molar-refractivity contribution in [1.29, 1.82) is 0 Å². The topological polar surface area (TPSA) is 81.5 Å². The first-order valence-corrected chi connectivity index (χ1v) is 8.84. The highest BCUT2D eigenvalue weighted by molar-refractivity contribution is 6.02. The van der Waals surface area contributed by atoms with Crippen LogP contribution < -0.4 is 5.56 Å². The molecule has 0 aliphatic heterocycles. The molecule has 0 aliphatic rings. The first-order chi connectivity index (χ1) is 13.4. The molecule has 0 bridgehead atoms. The average molecular weight is 379 g/mol. The lowest BCUT2D eigenvalue weighted by atomic mass is 10.1. The zero-order valence-corrected chi connectivity index (χ0v) is 16.0. The van der Waals surface area contributed by atoms with Crippen molar-refractivity contribution in [2.24, 2.45) is 7.05 Å². The molecule has 144 valence electrons. The zero-order chi connectivity index (χ0) is 20.3. The minimum Gasteiger partial charge on any atom is -0.448 e. The fourth-order valence-corrected chi connectivity index (χ4v) is 2.96. The van der Waals surface area contributed by atoms with Gasteiger partial charge in [-0.1, -0.05) is 48.5 Å². The molecule has 0 fully saturated rings. The Bertz CT molecular complexity index is 1080. The number of hydrogen-bond donors (Lipinski definition) is 0. The second-order valence-corrected chi connectivity index (χ2v) is 6.55. The number of ether oxygens (including phenoxy) is 1. The predicted molar refractivity (Wildman–Crippen MR) is 105 cm³/mol. The summed E-state index contributed by atoms with van der Waals surface area (Å²) in [6.07, 6.45) is -0.987. The number of aromatic nitrogens is 2. The molecule has 0 N–H and O–H groups in total. The van der Waals surface area contributed by atoms with Crippen LogP contribution in [0.15, 0.2) is 59.4 Å². The standard InChI is InChI=1S/C21H21N3O4/c1-14(19(25)23(2)13-15-9-5-4-6-10-15)28-21(27)18-16-11-7-8-12-17(16)20(26)24(3)22-18/h4-12,14H,13H2,1-3H3/t14-/m0/s1. The van der Waals surface area contributed by atoms with Crippen LogP contribution in [-0.4, -0.2) is 39.7 Å². The Balaban J connectivity index is 1.77. The Kier molecular flexibility index (Phi) is 5.54. The third-order valence-electron chi connectivity index (χ3n) is 4.42. The summed E-state index contributed by atoms with van der Waals surface area (Å²) in [4.78, 5) is 38.9. The zero-order valence-electron chi connectivity index (χ0n) is 16.0. The summed E-state index contributed by atoms with van der Waals surface area (Å²) in [5, 5.41) is 4.79. The number of aryl methyl sites for hydroxylation is 1. The monoisotopic (exact) mass is 379 g/mol. The second kappa shape index (κ2) is 8.04. The van der Waals surface area contributed by atoms with E-state index >= 15 is 0 Å². The quantitative estimate of drug-likeness (QED) is 0.635. The molecule has 0 spiro atoms. The van der Waals surface area contributed by atoms with Crippen molar-refractivity contribution in [2.45, 2.75) is 19.6 Å². The summed E-state index contributed by atoms with van der Waals surface area (Å²) in [6, 6.07) is 16.2. The number of amides is 1. The molecule has 0 saturated heterocycles. The van der Waals surface area contributed by atoms with Crippen molar-refractivity contribution in [3.8, 4) is 0 Å². The lowest BCUT2D eigenvalue weighted by Crippen LogP contribution is -2.37. The first kappa shape index (κ1) is 19.3. The molecule has 0 aliphatic carbocycles. The van der Waals surface area contributed by atoms with Gasteiger partial charge in [0.1, 0.15) is 0 Å². The molecule has 1 aromatic heterocycles. The van der Waals surface area contributed by atoms with Crippen LogP contribution in [0.2, 0.25) is 0 Å². The number of nitrogens with zero attached hydrogens (tertiary/aromatic N) is 3. The van der Waals surface area contributed by atoms with E-state index in [4.69, 9.17) is 4.74 Å². The minimum absolute atomic E-state index is 0.00284. The Morgan fingerprint density at radius 1 is 1.07 bits per heavy atom. The Morgan fingerprint density at radius 3 is 2.36 bits per heavy atom. The molecule has 1 amide bonds. The summed E-state index contributed by atoms with van der Waals surface area (Å²) < 4.78 is 6.44. The van der Waals surface area contributed by atoms with Crippen molar-refractivity contribution in [3.05, 3.63) is 76.2 Å². The molecular formula is C21H21N3O4. The van der Waals surface area contributed by atoms with Crippen molar-refractivity contribution in [1.82, 2.24) is 14.7 Å². The van der Waals surface area contributed by atoms with E-state index in [9.17, 15) is 14.4 Å². The van der Waals surface area contributed by atoms with Gasteiger partial charge >= 0.3 is 5.97 Å². The molecule has 7 nitrogen and oxygen atoms in total. The van der Waals surface area contributed by atoms with Crippen molar-refractivity contribution in [3.63, 3.8) is 0 Å². The number of esters is 1. The van der Waals surface area contributed by atoms with Gasteiger partial charge in [-0.15, -0.1) is 0 Å². The number of carbonyl (C=O) groups excluding carboxylic acids is 2. The smallest absolute Gasteiger partial charge is 0.360 e. The first-order valence-electron chi connectivity index (χ1n) is 8.84. The molecule has 7 heteroatoms. The number of rotatable bonds is 5. The van der Waals surface area contributed by atoms with E-state index < -0.39 is 12.1 Å². The van der Waals surface area contributed by atoms with Gasteiger partial charge < -0.3 is 9.64 Å². The van der Waals surface area contributed by atoms with Gasteiger partial charge in [0.25, 0.3) is 11.5 Å². The number of likely N-dealkylation sites (N-methyl/N-ethyl adjacent to an activating group) is 1. The fraction of sp³-hybridized carbons (Fsp3) is 0.238. The van der Waals surface area contributed by atoms with E-state index in [1.54, 1.807) is 31.3 Å². The van der Waals surface area contributed by atoms with Crippen molar-refractivity contribution in [2.75, 3.05) is 7.05 Å². The largest absolute Gasteiger partial charge is 0.448 e. The molecule has 0 unspecified atom stereocenters. The highest BCUT2D eigenvalue weighted by Gasteiger charge is 2.25. The van der Waals surface area contributed by atoms with Gasteiger partial charge in [0.15, 0.2) is 11.8 Å². The SMILES string of the molecule is C[C@H](OC(=O)c1nn(C)c(=O)c2ccccc12)C(=O)N(C)Cc1ccccc1. The number of fused-ring (bicyclic) bond motifs is 1. The van der Waals surface area contributed by atoms with Gasteiger partial charge in [-0.3, -0.25) is 9.59 Å². The Hall–Kier alpha value is -3.48. The Labute approximate surface area is 162 Å². The molecule has 0 saturated carbocycles. The van der Waals surface area contributed by atoms with Crippen molar-refractivity contribution < 1.29 is 14.3 Å². The summed E-state index contributed by atoms with van der Waals surface area (Å²) in [5.74, 6) is -1.08. The molecule has 2 aromatic carbocycles. The fourth-order valence-electron chi connectivity index (χ4n) is 2.96. The van der Waals surface area contributed by atoms with E-state index in [0.717, 1.165) is 10.2 Å². The van der Waals surface area contributed by atoms with Crippen LogP contribution in [0.1, 0.15) is 23.0 Å². The van der Waals surface area contributed by atoms with Crippen LogP contribution in [0.3, 0.4) is 0 Å². The Morgan fingerprint density at radius 2 is 1.68 bits per heavy atom. The third kappa shape index (κ3) is 3.93. The van der Waals surface area contributed by atoms with Crippen LogP contribution in [0.25, 0.3) is 10.8 Å². The van der Waals surface area contributed by atoms with E-state index in [2.05, 4.69) is 5.10 Å². The van der Waals surface area contributed by atoms with Crippen LogP contribution >= 0.6 is 0 Å². The van der Waals surface area contributed by atoms with Crippen LogP contribution in [-0.2, 0) is 23.1 Å². The minimum atomic E-state index is -0.987. The lowest BCUT2D eigenvalue weighted by molar-refractivity contribution is -0.139. The molecule has 3 aromatic rings. The van der Waals surface area contributed by atoms with Crippen LogP contribution in [0.5, 0.6) is 0 Å². The molecule has 1 heterocycles. The highest BCUT2D eigenvalue weighted by Crippen LogP contribution is 2.15. The predicted octanol–water partition coefficient (Wildman–Crippen LogP) is 2.14. The van der Waals surface area contributed by atoms with E-state index in [1.165, 1.54) is 18.9 Å². The van der Waals surface area contributed by atoms with E-state index in [0.29, 0.717) is 17.3 Å². The summed E-state index contributed by atoms with van der Waals surface area (Å²) >= 11 is 0. The lowest BCUT2D eigenvalue weighted by Gasteiger charge is -2.21. The maximum atomic E-state index is 12.6. The number of benzene rings is 2.